The van der Waals surface area contributed by atoms with E-state index in [1.165, 1.54) is 16.5 Å². The van der Waals surface area contributed by atoms with Crippen molar-refractivity contribution in [2.75, 3.05) is 36.9 Å². The summed E-state index contributed by atoms with van der Waals surface area (Å²) in [4.78, 5) is 38.9. The first-order valence-corrected chi connectivity index (χ1v) is 13.2. The number of hydrogen-bond acceptors (Lipinski definition) is 7. The van der Waals surface area contributed by atoms with Crippen molar-refractivity contribution in [3.05, 3.63) is 59.8 Å². The Hall–Kier alpha value is -3.46. The maximum absolute atomic E-state index is 12.1. The van der Waals surface area contributed by atoms with Crippen LogP contribution in [-0.2, 0) is 16.1 Å². The first-order valence-electron chi connectivity index (χ1n) is 13.2. The second-order valence-electron chi connectivity index (χ2n) is 9.72. The van der Waals surface area contributed by atoms with Gasteiger partial charge in [-0.15, -0.1) is 0 Å². The molecule has 4 rings (SSSR count). The van der Waals surface area contributed by atoms with Crippen LogP contribution in [0, 0.1) is 0 Å². The van der Waals surface area contributed by atoms with Crippen LogP contribution < -0.4 is 10.2 Å². The van der Waals surface area contributed by atoms with E-state index >= 15 is 0 Å². The summed E-state index contributed by atoms with van der Waals surface area (Å²) >= 11 is 0. The van der Waals surface area contributed by atoms with Crippen LogP contribution in [0.4, 0.5) is 16.6 Å². The molecule has 9 heteroatoms. The van der Waals surface area contributed by atoms with Crippen LogP contribution in [0.3, 0.4) is 0 Å². The van der Waals surface area contributed by atoms with E-state index in [0.717, 1.165) is 43.5 Å². The van der Waals surface area contributed by atoms with Gasteiger partial charge in [-0.2, -0.15) is 4.98 Å². The topological polar surface area (TPSA) is 90.9 Å². The Morgan fingerprint density at radius 3 is 2.54 bits per heavy atom. The van der Waals surface area contributed by atoms with Gasteiger partial charge in [0, 0.05) is 45.0 Å². The summed E-state index contributed by atoms with van der Waals surface area (Å²) in [7, 11) is 1.87. The standard InChI is InChI=1S/C28H38N6O3/c1-6-24(33-15-13-23(14-16-33)32(5)25(35)7-2)21-11-9-20(10-12-21)19(4)30-27-29-17-22-18-37-28(36)34(8-3)26(22)31-27/h7,9-12,17,19,23-24H,2,6,8,13-16,18H2,1,3-5H3,(H,29,30,31)/t19-,24?/m0/s1. The average Bonchev–Trinajstić information content (AvgIpc) is 2.93. The van der Waals surface area contributed by atoms with Crippen LogP contribution in [0.2, 0.25) is 0 Å². The van der Waals surface area contributed by atoms with Gasteiger partial charge in [0.1, 0.15) is 12.4 Å². The highest BCUT2D eigenvalue weighted by atomic mass is 16.6. The van der Waals surface area contributed by atoms with E-state index in [1.807, 2.05) is 18.9 Å². The Bertz CT molecular complexity index is 1110. The molecule has 2 atom stereocenters. The molecule has 1 unspecified atom stereocenters. The molecule has 0 aliphatic carbocycles. The maximum Gasteiger partial charge on any atom is 0.415 e. The number of likely N-dealkylation sites (N-methyl/N-ethyl adjacent to an activating group) is 1. The lowest BCUT2D eigenvalue weighted by atomic mass is 9.95. The minimum atomic E-state index is -0.379. The fraction of sp³-hybridized carbons (Fsp3) is 0.500. The van der Waals surface area contributed by atoms with Gasteiger partial charge in [0.25, 0.3) is 0 Å². The van der Waals surface area contributed by atoms with E-state index in [1.54, 1.807) is 6.20 Å². The lowest BCUT2D eigenvalue weighted by Crippen LogP contribution is -2.46. The maximum atomic E-state index is 12.1. The predicted molar refractivity (Wildman–Crippen MR) is 144 cm³/mol. The van der Waals surface area contributed by atoms with E-state index in [0.29, 0.717) is 24.4 Å². The molecule has 2 aliphatic heterocycles. The van der Waals surface area contributed by atoms with Gasteiger partial charge in [-0.3, -0.25) is 14.6 Å². The fourth-order valence-electron chi connectivity index (χ4n) is 5.28. The number of likely N-dealkylation sites (tertiary alicyclic amines) is 1. The molecule has 1 saturated heterocycles. The molecule has 1 aromatic heterocycles. The molecule has 0 saturated carbocycles. The van der Waals surface area contributed by atoms with Crippen LogP contribution in [-0.4, -0.2) is 64.5 Å². The molecule has 9 nitrogen and oxygen atoms in total. The molecule has 1 aromatic carbocycles. The van der Waals surface area contributed by atoms with Gasteiger partial charge in [-0.05, 0) is 50.3 Å². The Balaban J connectivity index is 1.39. The highest BCUT2D eigenvalue weighted by Crippen LogP contribution is 2.30. The van der Waals surface area contributed by atoms with Crippen molar-refractivity contribution in [2.45, 2.75) is 64.8 Å². The number of carbonyl (C=O) groups excluding carboxylic acids is 2. The summed E-state index contributed by atoms with van der Waals surface area (Å²) in [6.07, 6.45) is 5.70. The highest BCUT2D eigenvalue weighted by molar-refractivity contribution is 5.89. The van der Waals surface area contributed by atoms with Crippen molar-refractivity contribution in [1.82, 2.24) is 19.8 Å². The SMILES string of the molecule is C=CC(=O)N(C)C1CCN(C(CC)c2ccc([C@H](C)Nc3ncc4c(n3)N(CC)C(=O)OC4)cc2)CC1. The molecular weight excluding hydrogens is 468 g/mol. The summed E-state index contributed by atoms with van der Waals surface area (Å²) in [5, 5.41) is 3.37. The number of piperidine rings is 1. The largest absolute Gasteiger partial charge is 0.444 e. The molecule has 0 radical (unpaired) electrons. The molecule has 2 aromatic rings. The number of nitrogens with one attached hydrogen (secondary N) is 1. The van der Waals surface area contributed by atoms with Gasteiger partial charge in [0.15, 0.2) is 0 Å². The smallest absolute Gasteiger partial charge is 0.415 e. The first-order chi connectivity index (χ1) is 17.9. The van der Waals surface area contributed by atoms with E-state index in [2.05, 4.69) is 64.9 Å². The van der Waals surface area contributed by atoms with Crippen molar-refractivity contribution < 1.29 is 14.3 Å². The molecular formula is C28H38N6O3. The predicted octanol–water partition coefficient (Wildman–Crippen LogP) is 4.69. The Kier molecular flexibility index (Phi) is 8.43. The quantitative estimate of drug-likeness (QED) is 0.494. The Labute approximate surface area is 219 Å². The summed E-state index contributed by atoms with van der Waals surface area (Å²) in [5.41, 5.74) is 3.24. The van der Waals surface area contributed by atoms with Gasteiger partial charge in [-0.25, -0.2) is 9.78 Å². The zero-order chi connectivity index (χ0) is 26.5. The number of rotatable bonds is 9. The molecule has 198 valence electrons. The number of benzene rings is 1. The third-order valence-corrected chi connectivity index (χ3v) is 7.55. The Morgan fingerprint density at radius 1 is 1.24 bits per heavy atom. The van der Waals surface area contributed by atoms with E-state index in [4.69, 9.17) is 4.74 Å². The number of hydrogen-bond donors (Lipinski definition) is 1. The number of anilines is 2. The van der Waals surface area contributed by atoms with E-state index in [9.17, 15) is 9.59 Å². The molecule has 3 heterocycles. The van der Waals surface area contributed by atoms with Gasteiger partial charge in [-0.1, -0.05) is 37.8 Å². The number of carbonyl (C=O) groups is 2. The second-order valence-corrected chi connectivity index (χ2v) is 9.72. The average molecular weight is 507 g/mol. The lowest BCUT2D eigenvalue weighted by Gasteiger charge is -2.40. The number of nitrogens with zero attached hydrogens (tertiary/aromatic N) is 5. The molecule has 2 aliphatic rings. The monoisotopic (exact) mass is 506 g/mol. The fourth-order valence-corrected chi connectivity index (χ4v) is 5.28. The van der Waals surface area contributed by atoms with Crippen LogP contribution in [0.15, 0.2) is 43.1 Å². The normalized spacial score (nSPS) is 17.9. The van der Waals surface area contributed by atoms with Gasteiger partial charge in [0.2, 0.25) is 11.9 Å². The molecule has 37 heavy (non-hydrogen) atoms. The van der Waals surface area contributed by atoms with Crippen LogP contribution in [0.1, 0.15) is 68.8 Å². The van der Waals surface area contributed by atoms with Crippen LogP contribution >= 0.6 is 0 Å². The minimum absolute atomic E-state index is 0.00482. The van der Waals surface area contributed by atoms with Crippen molar-refractivity contribution >= 4 is 23.8 Å². The minimum Gasteiger partial charge on any atom is -0.444 e. The summed E-state index contributed by atoms with van der Waals surface area (Å²) in [6.45, 7) is 12.4. The lowest BCUT2D eigenvalue weighted by molar-refractivity contribution is -0.127. The zero-order valence-corrected chi connectivity index (χ0v) is 22.3. The van der Waals surface area contributed by atoms with E-state index < -0.39 is 0 Å². The summed E-state index contributed by atoms with van der Waals surface area (Å²) in [6, 6.07) is 9.36. The molecule has 2 amide bonds. The third kappa shape index (κ3) is 5.77. The van der Waals surface area contributed by atoms with Crippen molar-refractivity contribution in [3.63, 3.8) is 0 Å². The number of aromatic nitrogens is 2. The van der Waals surface area contributed by atoms with Crippen molar-refractivity contribution in [1.29, 1.82) is 0 Å². The van der Waals surface area contributed by atoms with Gasteiger partial charge >= 0.3 is 6.09 Å². The first kappa shape index (κ1) is 26.6. The number of cyclic esters (lactones) is 1. The molecule has 1 N–H and O–H groups in total. The summed E-state index contributed by atoms with van der Waals surface area (Å²) < 4.78 is 5.18. The zero-order valence-electron chi connectivity index (χ0n) is 22.3. The molecule has 0 spiro atoms. The highest BCUT2D eigenvalue weighted by Gasteiger charge is 2.29. The second kappa shape index (κ2) is 11.7. The van der Waals surface area contributed by atoms with E-state index in [-0.39, 0.29) is 30.7 Å². The number of amides is 2. The number of fused-ring (bicyclic) bond motifs is 1. The third-order valence-electron chi connectivity index (χ3n) is 7.55. The Morgan fingerprint density at radius 2 is 1.92 bits per heavy atom. The summed E-state index contributed by atoms with van der Waals surface area (Å²) in [5.74, 6) is 1.08. The van der Waals surface area contributed by atoms with Gasteiger partial charge < -0.3 is 15.0 Å². The molecule has 1 fully saturated rings. The van der Waals surface area contributed by atoms with Gasteiger partial charge in [0.05, 0.1) is 11.6 Å². The van der Waals surface area contributed by atoms with Crippen LogP contribution in [0.25, 0.3) is 0 Å². The van der Waals surface area contributed by atoms with Crippen molar-refractivity contribution in [3.8, 4) is 0 Å². The number of ether oxygens (including phenoxy) is 1. The van der Waals surface area contributed by atoms with Crippen molar-refractivity contribution in [2.24, 2.45) is 0 Å². The van der Waals surface area contributed by atoms with Crippen LogP contribution in [0.5, 0.6) is 0 Å². The molecule has 0 bridgehead atoms.